The van der Waals surface area contributed by atoms with Gasteiger partial charge in [-0.3, -0.25) is 20.2 Å². The number of carboxylic acid groups (broad SMARTS) is 1. The first-order valence-electron chi connectivity index (χ1n) is 6.53. The van der Waals surface area contributed by atoms with Crippen molar-refractivity contribution < 1.29 is 28.2 Å². The van der Waals surface area contributed by atoms with Crippen molar-refractivity contribution in [3.63, 3.8) is 0 Å². The van der Waals surface area contributed by atoms with Crippen LogP contribution in [0, 0.1) is 20.2 Å². The minimum atomic E-state index is -3.98. The summed E-state index contributed by atoms with van der Waals surface area (Å²) in [5.74, 6) is -1.45. The maximum Gasteiger partial charge on any atom is 0.350 e. The Labute approximate surface area is 140 Å². The van der Waals surface area contributed by atoms with Crippen LogP contribution >= 0.6 is 0 Å². The summed E-state index contributed by atoms with van der Waals surface area (Å²) in [6.07, 6.45) is 2.99. The Kier molecular flexibility index (Phi) is 4.13. The van der Waals surface area contributed by atoms with Gasteiger partial charge in [0.1, 0.15) is 0 Å². The van der Waals surface area contributed by atoms with Crippen molar-refractivity contribution in [1.82, 2.24) is 5.32 Å². The maximum absolute atomic E-state index is 11.7. The number of nitrogens with one attached hydrogen (secondary N) is 1. The first-order valence-corrected chi connectivity index (χ1v) is 8.42. The third kappa shape index (κ3) is 2.96. The van der Waals surface area contributed by atoms with Gasteiger partial charge in [-0.1, -0.05) is 0 Å². The van der Waals surface area contributed by atoms with Gasteiger partial charge in [0.2, 0.25) is 11.4 Å². The molecule has 0 fully saturated rings. The monoisotopic (exact) mass is 372 g/mol. The number of hydrogen-bond donors (Lipinski definition) is 2. The minimum absolute atomic E-state index is 0.622. The lowest BCUT2D eigenvalue weighted by Gasteiger charge is -2.31. The highest BCUT2D eigenvalue weighted by Gasteiger charge is 2.47. The van der Waals surface area contributed by atoms with Gasteiger partial charge >= 0.3 is 17.3 Å². The molecule has 0 amide bonds. The van der Waals surface area contributed by atoms with Crippen LogP contribution in [0.5, 0.6) is 0 Å². The van der Waals surface area contributed by atoms with Gasteiger partial charge in [-0.2, -0.15) is 0 Å². The van der Waals surface area contributed by atoms with Crippen LogP contribution in [-0.4, -0.2) is 41.3 Å². The van der Waals surface area contributed by atoms with Gasteiger partial charge in [0.25, 0.3) is 0 Å². The van der Waals surface area contributed by atoms with Gasteiger partial charge in [-0.05, 0) is 6.92 Å². The fourth-order valence-electron chi connectivity index (χ4n) is 2.27. The van der Waals surface area contributed by atoms with E-state index in [9.17, 15) is 38.5 Å². The first-order chi connectivity index (χ1) is 11.4. The molecular formula is C12H12N4O8S. The zero-order chi connectivity index (χ0) is 19.2. The number of carboxylic acids is 1. The lowest BCUT2D eigenvalue weighted by Crippen LogP contribution is -2.55. The standard InChI is InChI=1S/C12H12N4O8S/c1-12(11(17)18)13-3-4-14(12)10-8(15(19)20)5-7(25(2,23)24)6-9(10)16(21)22/h3-6,13H,1-2H3,(H,17,18). The van der Waals surface area contributed by atoms with Gasteiger partial charge in [0, 0.05) is 30.8 Å². The summed E-state index contributed by atoms with van der Waals surface area (Å²) in [7, 11) is -3.98. The van der Waals surface area contributed by atoms with E-state index in [1.165, 1.54) is 0 Å². The summed E-state index contributed by atoms with van der Waals surface area (Å²) >= 11 is 0. The van der Waals surface area contributed by atoms with Crippen LogP contribution < -0.4 is 10.2 Å². The number of sulfone groups is 1. The predicted octanol–water partition coefficient (Wildman–Crippen LogP) is 0.588. The van der Waals surface area contributed by atoms with Crippen molar-refractivity contribution in [2.45, 2.75) is 17.5 Å². The fraction of sp³-hybridized carbons (Fsp3) is 0.250. The summed E-state index contributed by atoms with van der Waals surface area (Å²) in [4.78, 5) is 32.4. The normalized spacial score (nSPS) is 19.5. The molecular weight excluding hydrogens is 360 g/mol. The van der Waals surface area contributed by atoms with E-state index in [2.05, 4.69) is 5.32 Å². The molecule has 1 aromatic rings. The summed E-state index contributed by atoms with van der Waals surface area (Å²) in [5, 5.41) is 34.6. The topological polar surface area (TPSA) is 173 Å². The highest BCUT2D eigenvalue weighted by molar-refractivity contribution is 7.90. The number of aliphatic carboxylic acids is 1. The van der Waals surface area contributed by atoms with E-state index in [0.717, 1.165) is 30.5 Å². The zero-order valence-corrected chi connectivity index (χ0v) is 13.7. The van der Waals surface area contributed by atoms with Crippen molar-refractivity contribution in [1.29, 1.82) is 0 Å². The van der Waals surface area contributed by atoms with Crippen molar-refractivity contribution >= 4 is 32.9 Å². The first kappa shape index (κ1) is 18.1. The Balaban J connectivity index is 2.89. The molecule has 0 radical (unpaired) electrons. The number of nitro groups is 2. The molecule has 1 aliphatic rings. The summed E-state index contributed by atoms with van der Waals surface area (Å²) in [5.41, 5.74) is -4.39. The smallest absolute Gasteiger partial charge is 0.350 e. The molecule has 13 heteroatoms. The number of rotatable bonds is 5. The number of nitrogens with zero attached hydrogens (tertiary/aromatic N) is 3. The highest BCUT2D eigenvalue weighted by atomic mass is 32.2. The van der Waals surface area contributed by atoms with E-state index in [4.69, 9.17) is 0 Å². The lowest BCUT2D eigenvalue weighted by atomic mass is 10.1. The van der Waals surface area contributed by atoms with Crippen molar-refractivity contribution in [3.05, 3.63) is 44.8 Å². The third-order valence-electron chi connectivity index (χ3n) is 3.59. The molecule has 1 aromatic carbocycles. The molecule has 2 N–H and O–H groups in total. The zero-order valence-electron chi connectivity index (χ0n) is 12.9. The molecule has 1 aliphatic heterocycles. The quantitative estimate of drug-likeness (QED) is 0.550. The number of benzene rings is 1. The summed E-state index contributed by atoms with van der Waals surface area (Å²) in [6.45, 7) is 1.15. The van der Waals surface area contributed by atoms with E-state index >= 15 is 0 Å². The Bertz CT molecular complexity index is 890. The largest absolute Gasteiger partial charge is 0.478 e. The maximum atomic E-state index is 11.7. The molecule has 2 rings (SSSR count). The molecule has 0 bridgehead atoms. The highest BCUT2D eigenvalue weighted by Crippen LogP contribution is 2.43. The SMILES string of the molecule is CC1(C(=O)O)NC=CN1c1c([N+](=O)[O-])cc(S(C)(=O)=O)cc1[N+](=O)[O-]. The van der Waals surface area contributed by atoms with Crippen LogP contribution in [0.15, 0.2) is 29.4 Å². The minimum Gasteiger partial charge on any atom is -0.478 e. The van der Waals surface area contributed by atoms with E-state index < -0.39 is 53.3 Å². The predicted molar refractivity (Wildman–Crippen MR) is 83.7 cm³/mol. The number of hydrogen-bond acceptors (Lipinski definition) is 9. The second-order valence-electron chi connectivity index (χ2n) is 5.30. The molecule has 25 heavy (non-hydrogen) atoms. The van der Waals surface area contributed by atoms with Crippen molar-refractivity contribution in [2.75, 3.05) is 11.2 Å². The van der Waals surface area contributed by atoms with E-state index in [0.29, 0.717) is 12.1 Å². The molecule has 1 heterocycles. The van der Waals surface area contributed by atoms with Gasteiger partial charge in [0.05, 0.1) is 14.7 Å². The molecule has 134 valence electrons. The fourth-order valence-corrected chi connectivity index (χ4v) is 2.93. The van der Waals surface area contributed by atoms with Crippen LogP contribution in [0.2, 0.25) is 0 Å². The second-order valence-corrected chi connectivity index (χ2v) is 7.32. The summed E-state index contributed by atoms with van der Waals surface area (Å²) in [6, 6.07) is 1.32. The third-order valence-corrected chi connectivity index (χ3v) is 4.68. The number of nitro benzene ring substituents is 2. The van der Waals surface area contributed by atoms with Crippen LogP contribution in [0.1, 0.15) is 6.92 Å². The summed E-state index contributed by atoms with van der Waals surface area (Å²) < 4.78 is 23.3. The molecule has 0 spiro atoms. The van der Waals surface area contributed by atoms with Gasteiger partial charge in [0.15, 0.2) is 9.84 Å². The van der Waals surface area contributed by atoms with Crippen LogP contribution in [0.25, 0.3) is 0 Å². The Morgan fingerprint density at radius 2 is 1.72 bits per heavy atom. The Morgan fingerprint density at radius 3 is 2.08 bits per heavy atom. The molecule has 1 unspecified atom stereocenters. The molecule has 12 nitrogen and oxygen atoms in total. The van der Waals surface area contributed by atoms with E-state index in [1.807, 2.05) is 0 Å². The number of carbonyl (C=O) groups is 1. The molecule has 1 atom stereocenters. The molecule has 0 saturated heterocycles. The van der Waals surface area contributed by atoms with Crippen LogP contribution in [0.4, 0.5) is 17.1 Å². The molecule has 0 saturated carbocycles. The Morgan fingerprint density at radius 1 is 1.24 bits per heavy atom. The number of anilines is 1. The molecule has 0 aliphatic carbocycles. The van der Waals surface area contributed by atoms with Crippen molar-refractivity contribution in [3.8, 4) is 0 Å². The van der Waals surface area contributed by atoms with Crippen molar-refractivity contribution in [2.24, 2.45) is 0 Å². The second kappa shape index (κ2) is 5.70. The lowest BCUT2D eigenvalue weighted by molar-refractivity contribution is -0.393. The average molecular weight is 372 g/mol. The van der Waals surface area contributed by atoms with Gasteiger partial charge in [-0.15, -0.1) is 0 Å². The van der Waals surface area contributed by atoms with E-state index in [1.54, 1.807) is 0 Å². The molecule has 0 aromatic heterocycles. The van der Waals surface area contributed by atoms with Crippen LogP contribution in [0.3, 0.4) is 0 Å². The van der Waals surface area contributed by atoms with Gasteiger partial charge in [-0.25, -0.2) is 13.2 Å². The van der Waals surface area contributed by atoms with E-state index in [-0.39, 0.29) is 0 Å². The Hall–Kier alpha value is -3.22. The van der Waals surface area contributed by atoms with Gasteiger partial charge < -0.3 is 15.3 Å². The van der Waals surface area contributed by atoms with Crippen LogP contribution in [-0.2, 0) is 14.6 Å². The average Bonchev–Trinajstić information content (AvgIpc) is 2.87.